The smallest absolute Gasteiger partial charge is 0.319 e. The first-order valence-corrected chi connectivity index (χ1v) is 7.38. The number of carbonyl (C=O) groups is 1. The maximum atomic E-state index is 12.0. The minimum atomic E-state index is -0.361. The fourth-order valence-corrected chi connectivity index (χ4v) is 2.29. The number of hydrogen-bond acceptors (Lipinski definition) is 3. The zero-order chi connectivity index (χ0) is 15.9. The van der Waals surface area contributed by atoms with Crippen LogP contribution in [0.1, 0.15) is 20.3 Å². The summed E-state index contributed by atoms with van der Waals surface area (Å²) < 4.78 is 1.70. The summed E-state index contributed by atoms with van der Waals surface area (Å²) in [4.78, 5) is 12.0. The number of amides is 2. The van der Waals surface area contributed by atoms with Crippen LogP contribution in [0.2, 0.25) is 0 Å². The number of aromatic nitrogens is 2. The summed E-state index contributed by atoms with van der Waals surface area (Å²) in [6.07, 6.45) is 3.81. The molecule has 2 amide bonds. The third-order valence-electron chi connectivity index (χ3n) is 3.26. The van der Waals surface area contributed by atoms with E-state index in [-0.39, 0.29) is 18.1 Å². The minimum Gasteiger partial charge on any atom is -0.393 e. The molecule has 6 nitrogen and oxygen atoms in total. The quantitative estimate of drug-likeness (QED) is 0.766. The molecule has 1 aromatic carbocycles. The van der Waals surface area contributed by atoms with Crippen molar-refractivity contribution in [2.24, 2.45) is 5.92 Å². The molecule has 0 aliphatic heterocycles. The van der Waals surface area contributed by atoms with E-state index < -0.39 is 0 Å². The van der Waals surface area contributed by atoms with Gasteiger partial charge in [0.1, 0.15) is 0 Å². The highest BCUT2D eigenvalue weighted by molar-refractivity contribution is 5.91. The summed E-state index contributed by atoms with van der Waals surface area (Å²) in [7, 11) is 0. The molecule has 3 N–H and O–H groups in total. The van der Waals surface area contributed by atoms with E-state index in [0.29, 0.717) is 18.7 Å². The van der Waals surface area contributed by atoms with Crippen LogP contribution in [0.5, 0.6) is 0 Å². The van der Waals surface area contributed by atoms with E-state index >= 15 is 0 Å². The fraction of sp³-hybridized carbons (Fsp3) is 0.375. The van der Waals surface area contributed by atoms with Crippen molar-refractivity contribution in [3.8, 4) is 5.69 Å². The van der Waals surface area contributed by atoms with Gasteiger partial charge < -0.3 is 15.7 Å². The number of rotatable bonds is 6. The van der Waals surface area contributed by atoms with Crippen LogP contribution in [0, 0.1) is 5.92 Å². The van der Waals surface area contributed by atoms with E-state index in [1.54, 1.807) is 17.8 Å². The van der Waals surface area contributed by atoms with Crippen LogP contribution < -0.4 is 10.6 Å². The van der Waals surface area contributed by atoms with Crippen molar-refractivity contribution in [3.05, 3.63) is 42.7 Å². The molecule has 0 saturated heterocycles. The number of benzene rings is 1. The molecule has 1 aromatic heterocycles. The highest BCUT2D eigenvalue weighted by atomic mass is 16.3. The molecule has 0 spiro atoms. The number of para-hydroxylation sites is 2. The minimum absolute atomic E-state index is 0.215. The van der Waals surface area contributed by atoms with E-state index in [0.717, 1.165) is 5.69 Å². The Labute approximate surface area is 130 Å². The number of aliphatic hydroxyl groups excluding tert-OH is 1. The summed E-state index contributed by atoms with van der Waals surface area (Å²) in [6, 6.07) is 9.03. The van der Waals surface area contributed by atoms with Crippen molar-refractivity contribution >= 4 is 11.7 Å². The average Bonchev–Trinajstić information content (AvgIpc) is 2.99. The highest BCUT2D eigenvalue weighted by Crippen LogP contribution is 2.18. The van der Waals surface area contributed by atoms with Crippen LogP contribution >= 0.6 is 0 Å². The molecule has 0 aliphatic carbocycles. The van der Waals surface area contributed by atoms with Crippen molar-refractivity contribution in [3.63, 3.8) is 0 Å². The van der Waals surface area contributed by atoms with E-state index in [1.165, 1.54) is 0 Å². The maximum absolute atomic E-state index is 12.0. The molecule has 0 aliphatic rings. The van der Waals surface area contributed by atoms with Gasteiger partial charge in [0, 0.05) is 18.9 Å². The van der Waals surface area contributed by atoms with Gasteiger partial charge in [0.25, 0.3) is 0 Å². The van der Waals surface area contributed by atoms with Gasteiger partial charge in [-0.05, 0) is 37.5 Å². The average molecular weight is 302 g/mol. The first-order valence-electron chi connectivity index (χ1n) is 7.38. The normalized spacial score (nSPS) is 13.4. The number of hydrogen-bond donors (Lipinski definition) is 3. The van der Waals surface area contributed by atoms with E-state index in [1.807, 2.05) is 43.5 Å². The molecular formula is C16H22N4O2. The number of urea groups is 1. The zero-order valence-corrected chi connectivity index (χ0v) is 12.9. The molecule has 2 atom stereocenters. The molecule has 6 heteroatoms. The van der Waals surface area contributed by atoms with Gasteiger partial charge in [-0.25, -0.2) is 9.48 Å². The summed E-state index contributed by atoms with van der Waals surface area (Å²) in [5, 5.41) is 19.2. The van der Waals surface area contributed by atoms with Crippen molar-refractivity contribution in [2.75, 3.05) is 11.9 Å². The van der Waals surface area contributed by atoms with Crippen LogP contribution in [0.3, 0.4) is 0 Å². The molecule has 2 aromatic rings. The lowest BCUT2D eigenvalue weighted by Crippen LogP contribution is -2.33. The monoisotopic (exact) mass is 302 g/mol. The van der Waals surface area contributed by atoms with Gasteiger partial charge >= 0.3 is 6.03 Å². The lowest BCUT2D eigenvalue weighted by atomic mass is 10.1. The van der Waals surface area contributed by atoms with E-state index in [2.05, 4.69) is 15.7 Å². The van der Waals surface area contributed by atoms with Crippen molar-refractivity contribution < 1.29 is 9.90 Å². The van der Waals surface area contributed by atoms with Gasteiger partial charge in [-0.1, -0.05) is 19.1 Å². The molecule has 22 heavy (non-hydrogen) atoms. The lowest BCUT2D eigenvalue weighted by molar-refractivity contribution is 0.163. The molecule has 0 saturated carbocycles. The van der Waals surface area contributed by atoms with Crippen LogP contribution in [-0.4, -0.2) is 33.6 Å². The predicted molar refractivity (Wildman–Crippen MR) is 86.0 cm³/mol. The van der Waals surface area contributed by atoms with Crippen LogP contribution in [0.4, 0.5) is 10.5 Å². The summed E-state index contributed by atoms with van der Waals surface area (Å²) in [6.45, 7) is 4.25. The Morgan fingerprint density at radius 1 is 1.32 bits per heavy atom. The second-order valence-electron chi connectivity index (χ2n) is 5.49. The zero-order valence-electron chi connectivity index (χ0n) is 12.9. The van der Waals surface area contributed by atoms with Crippen molar-refractivity contribution in [2.45, 2.75) is 26.4 Å². The Kier molecular flexibility index (Phi) is 5.55. The first-order chi connectivity index (χ1) is 10.6. The fourth-order valence-electron chi connectivity index (χ4n) is 2.29. The summed E-state index contributed by atoms with van der Waals surface area (Å²) in [5.74, 6) is 0.215. The van der Waals surface area contributed by atoms with Crippen LogP contribution in [0.15, 0.2) is 42.7 Å². The van der Waals surface area contributed by atoms with Crippen LogP contribution in [-0.2, 0) is 0 Å². The molecule has 118 valence electrons. The van der Waals surface area contributed by atoms with Gasteiger partial charge in [-0.15, -0.1) is 0 Å². The third-order valence-corrected chi connectivity index (χ3v) is 3.26. The Bertz CT molecular complexity index is 596. The SMILES string of the molecule is CC(O)CC(C)CNC(=O)Nc1ccccc1-n1cccn1. The second-order valence-corrected chi connectivity index (χ2v) is 5.49. The highest BCUT2D eigenvalue weighted by Gasteiger charge is 2.10. The Morgan fingerprint density at radius 2 is 2.09 bits per heavy atom. The Hall–Kier alpha value is -2.34. The first kappa shape index (κ1) is 16.0. The van der Waals surface area contributed by atoms with E-state index in [9.17, 15) is 9.90 Å². The molecule has 1 heterocycles. The number of carbonyl (C=O) groups excluding carboxylic acids is 1. The van der Waals surface area contributed by atoms with E-state index in [4.69, 9.17) is 0 Å². The molecule has 2 rings (SSSR count). The van der Waals surface area contributed by atoms with Gasteiger partial charge in [-0.2, -0.15) is 5.10 Å². The Morgan fingerprint density at radius 3 is 2.77 bits per heavy atom. The van der Waals surface area contributed by atoms with Gasteiger partial charge in [0.15, 0.2) is 0 Å². The van der Waals surface area contributed by atoms with Gasteiger partial charge in [-0.3, -0.25) is 0 Å². The number of nitrogens with one attached hydrogen (secondary N) is 2. The standard InChI is InChI=1S/C16H22N4O2/c1-12(10-13(2)21)11-17-16(22)19-14-6-3-4-7-15(14)20-9-5-8-18-20/h3-9,12-13,21H,10-11H2,1-2H3,(H2,17,19,22). The maximum Gasteiger partial charge on any atom is 0.319 e. The molecule has 0 radical (unpaired) electrons. The number of nitrogens with zero attached hydrogens (tertiary/aromatic N) is 2. The van der Waals surface area contributed by atoms with Crippen molar-refractivity contribution in [1.29, 1.82) is 0 Å². The van der Waals surface area contributed by atoms with Crippen molar-refractivity contribution in [1.82, 2.24) is 15.1 Å². The summed E-state index contributed by atoms with van der Waals surface area (Å²) >= 11 is 0. The third kappa shape index (κ3) is 4.60. The van der Waals surface area contributed by atoms with Crippen LogP contribution in [0.25, 0.3) is 5.69 Å². The Balaban J connectivity index is 1.95. The van der Waals surface area contributed by atoms with Gasteiger partial charge in [0.2, 0.25) is 0 Å². The molecular weight excluding hydrogens is 280 g/mol. The largest absolute Gasteiger partial charge is 0.393 e. The number of anilines is 1. The summed E-state index contributed by atoms with van der Waals surface area (Å²) in [5.41, 5.74) is 1.49. The second kappa shape index (κ2) is 7.61. The lowest BCUT2D eigenvalue weighted by Gasteiger charge is -2.15. The van der Waals surface area contributed by atoms with Gasteiger partial charge in [0.05, 0.1) is 17.5 Å². The molecule has 0 bridgehead atoms. The topological polar surface area (TPSA) is 79.2 Å². The molecule has 2 unspecified atom stereocenters. The molecule has 0 fully saturated rings. The number of aliphatic hydroxyl groups is 1. The predicted octanol–water partition coefficient (Wildman–Crippen LogP) is 2.40.